The molecule has 1 aliphatic heterocycles. The molecular weight excluding hydrogens is 150 g/mol. The van der Waals surface area contributed by atoms with Crippen LogP contribution in [0.4, 0.5) is 0 Å². The molecule has 3 N–H and O–H groups in total. The molecule has 68 valence electrons. The average molecular weight is 167 g/mol. The molecule has 0 aromatic heterocycles. The Kier molecular flexibility index (Phi) is 1.41. The van der Waals surface area contributed by atoms with E-state index in [0.29, 0.717) is 11.4 Å². The number of nitrogens with two attached hydrogens (primary N) is 1. The van der Waals surface area contributed by atoms with E-state index in [9.17, 15) is 0 Å². The van der Waals surface area contributed by atoms with Gasteiger partial charge in [-0.25, -0.2) is 0 Å². The first-order chi connectivity index (χ1) is 5.56. The maximum absolute atomic E-state index is 5.65. The summed E-state index contributed by atoms with van der Waals surface area (Å²) in [6, 6.07) is 0. The number of aliphatic imine (C=N–C) groups is 1. The van der Waals surface area contributed by atoms with E-state index in [1.165, 1.54) is 19.3 Å². The third-order valence-electron chi connectivity index (χ3n) is 3.59. The molecule has 1 atom stereocenters. The molecule has 1 saturated carbocycles. The Balaban J connectivity index is 2.23. The Labute approximate surface area is 73.4 Å². The normalized spacial score (nSPS) is 38.3. The van der Waals surface area contributed by atoms with Gasteiger partial charge in [-0.05, 0) is 18.3 Å². The lowest BCUT2D eigenvalue weighted by Crippen LogP contribution is -2.54. The van der Waals surface area contributed by atoms with Crippen LogP contribution in [-0.4, -0.2) is 18.0 Å². The van der Waals surface area contributed by atoms with E-state index in [4.69, 9.17) is 5.73 Å². The Morgan fingerprint density at radius 2 is 2.17 bits per heavy atom. The van der Waals surface area contributed by atoms with E-state index in [0.717, 1.165) is 6.54 Å². The highest BCUT2D eigenvalue weighted by Crippen LogP contribution is 2.47. The molecular formula is C9H17N3. The van der Waals surface area contributed by atoms with Crippen molar-refractivity contribution in [2.75, 3.05) is 6.54 Å². The molecule has 0 saturated heterocycles. The highest BCUT2D eigenvalue weighted by atomic mass is 15.2. The van der Waals surface area contributed by atoms with Crippen molar-refractivity contribution in [2.24, 2.45) is 16.1 Å². The Hall–Kier alpha value is -0.730. The van der Waals surface area contributed by atoms with Gasteiger partial charge in [-0.1, -0.05) is 20.3 Å². The monoisotopic (exact) mass is 167 g/mol. The number of guanidine groups is 1. The van der Waals surface area contributed by atoms with Crippen LogP contribution in [0.5, 0.6) is 0 Å². The minimum Gasteiger partial charge on any atom is -0.370 e. The standard InChI is InChI=1S/C9H17N3/c1-8(2)4-3-5-9(8)6-11-7(10)12-9/h3-6H2,1-2H3,(H3,10,11,12). The van der Waals surface area contributed by atoms with Crippen LogP contribution in [0.25, 0.3) is 0 Å². The summed E-state index contributed by atoms with van der Waals surface area (Å²) >= 11 is 0. The predicted octanol–water partition coefficient (Wildman–Crippen LogP) is 0.853. The summed E-state index contributed by atoms with van der Waals surface area (Å²) in [6.07, 6.45) is 3.79. The van der Waals surface area contributed by atoms with Crippen molar-refractivity contribution < 1.29 is 0 Å². The van der Waals surface area contributed by atoms with Gasteiger partial charge in [-0.2, -0.15) is 0 Å². The Morgan fingerprint density at radius 3 is 2.58 bits per heavy atom. The van der Waals surface area contributed by atoms with E-state index in [1.54, 1.807) is 0 Å². The van der Waals surface area contributed by atoms with Gasteiger partial charge in [0.25, 0.3) is 0 Å². The van der Waals surface area contributed by atoms with E-state index < -0.39 is 0 Å². The summed E-state index contributed by atoms with van der Waals surface area (Å²) in [5.74, 6) is 0.630. The lowest BCUT2D eigenvalue weighted by atomic mass is 9.75. The van der Waals surface area contributed by atoms with Crippen molar-refractivity contribution in [3.8, 4) is 0 Å². The van der Waals surface area contributed by atoms with E-state index in [2.05, 4.69) is 24.2 Å². The smallest absolute Gasteiger partial charge is 0.189 e. The molecule has 2 rings (SSSR count). The first kappa shape index (κ1) is 7.90. The number of nitrogens with zero attached hydrogens (tertiary/aromatic N) is 1. The Morgan fingerprint density at radius 1 is 1.42 bits per heavy atom. The van der Waals surface area contributed by atoms with Gasteiger partial charge in [0.15, 0.2) is 5.96 Å². The molecule has 0 bridgehead atoms. The van der Waals surface area contributed by atoms with Gasteiger partial charge >= 0.3 is 0 Å². The zero-order chi connectivity index (χ0) is 8.82. The van der Waals surface area contributed by atoms with Crippen LogP contribution in [0, 0.1) is 5.41 Å². The van der Waals surface area contributed by atoms with Crippen LogP contribution in [-0.2, 0) is 0 Å². The summed E-state index contributed by atoms with van der Waals surface area (Å²) in [7, 11) is 0. The quantitative estimate of drug-likeness (QED) is 0.562. The molecule has 1 heterocycles. The van der Waals surface area contributed by atoms with Crippen LogP contribution in [0.1, 0.15) is 33.1 Å². The zero-order valence-electron chi connectivity index (χ0n) is 7.85. The van der Waals surface area contributed by atoms with Gasteiger partial charge in [0.05, 0.1) is 12.1 Å². The molecule has 1 spiro atoms. The molecule has 1 aliphatic carbocycles. The number of hydrogen-bond acceptors (Lipinski definition) is 3. The summed E-state index contributed by atoms with van der Waals surface area (Å²) in [5, 5.41) is 3.35. The third-order valence-corrected chi connectivity index (χ3v) is 3.59. The second kappa shape index (κ2) is 2.15. The predicted molar refractivity (Wildman–Crippen MR) is 50.0 cm³/mol. The third kappa shape index (κ3) is 0.853. The van der Waals surface area contributed by atoms with Crippen molar-refractivity contribution in [1.82, 2.24) is 5.32 Å². The minimum atomic E-state index is 0.178. The van der Waals surface area contributed by atoms with E-state index >= 15 is 0 Å². The Bertz CT molecular complexity index is 232. The molecule has 0 amide bonds. The van der Waals surface area contributed by atoms with Gasteiger partial charge in [-0.15, -0.1) is 0 Å². The molecule has 0 aromatic rings. The summed E-state index contributed by atoms with van der Waals surface area (Å²) in [6.45, 7) is 5.48. The molecule has 3 heteroatoms. The van der Waals surface area contributed by atoms with Crippen LogP contribution < -0.4 is 11.1 Å². The fourth-order valence-corrected chi connectivity index (χ4v) is 2.48. The van der Waals surface area contributed by atoms with Gasteiger partial charge < -0.3 is 11.1 Å². The zero-order valence-corrected chi connectivity index (χ0v) is 7.85. The maximum atomic E-state index is 5.65. The van der Waals surface area contributed by atoms with Gasteiger partial charge in [-0.3, -0.25) is 4.99 Å². The summed E-state index contributed by atoms with van der Waals surface area (Å²) in [5.41, 5.74) is 6.17. The molecule has 2 aliphatic rings. The lowest BCUT2D eigenvalue weighted by molar-refractivity contribution is 0.202. The van der Waals surface area contributed by atoms with Crippen molar-refractivity contribution >= 4 is 5.96 Å². The van der Waals surface area contributed by atoms with Crippen molar-refractivity contribution in [3.63, 3.8) is 0 Å². The van der Waals surface area contributed by atoms with E-state index in [1.807, 2.05) is 0 Å². The highest BCUT2D eigenvalue weighted by molar-refractivity contribution is 5.81. The topological polar surface area (TPSA) is 50.4 Å². The highest BCUT2D eigenvalue weighted by Gasteiger charge is 2.50. The fourth-order valence-electron chi connectivity index (χ4n) is 2.48. The fraction of sp³-hybridized carbons (Fsp3) is 0.889. The van der Waals surface area contributed by atoms with E-state index in [-0.39, 0.29) is 5.54 Å². The summed E-state index contributed by atoms with van der Waals surface area (Å²) in [4.78, 5) is 4.25. The molecule has 1 unspecified atom stereocenters. The molecule has 3 nitrogen and oxygen atoms in total. The van der Waals surface area contributed by atoms with Crippen LogP contribution >= 0.6 is 0 Å². The number of nitrogens with one attached hydrogen (secondary N) is 1. The van der Waals surface area contributed by atoms with Gasteiger partial charge in [0.2, 0.25) is 0 Å². The average Bonchev–Trinajstić information content (AvgIpc) is 2.43. The SMILES string of the molecule is CC1(C)CCCC12CN=C(N)N2. The number of hydrogen-bond donors (Lipinski definition) is 2. The van der Waals surface area contributed by atoms with Gasteiger partial charge in [0.1, 0.15) is 0 Å². The van der Waals surface area contributed by atoms with Crippen LogP contribution in [0.2, 0.25) is 0 Å². The number of rotatable bonds is 0. The molecule has 1 fully saturated rings. The van der Waals surface area contributed by atoms with Crippen molar-refractivity contribution in [3.05, 3.63) is 0 Å². The maximum Gasteiger partial charge on any atom is 0.189 e. The summed E-state index contributed by atoms with van der Waals surface area (Å²) < 4.78 is 0. The minimum absolute atomic E-state index is 0.178. The lowest BCUT2D eigenvalue weighted by Gasteiger charge is -2.37. The van der Waals surface area contributed by atoms with Crippen LogP contribution in [0.3, 0.4) is 0 Å². The first-order valence-electron chi connectivity index (χ1n) is 4.64. The van der Waals surface area contributed by atoms with Crippen molar-refractivity contribution in [1.29, 1.82) is 0 Å². The van der Waals surface area contributed by atoms with Crippen molar-refractivity contribution in [2.45, 2.75) is 38.6 Å². The molecule has 0 radical (unpaired) electrons. The first-order valence-corrected chi connectivity index (χ1v) is 4.64. The molecule has 12 heavy (non-hydrogen) atoms. The molecule has 0 aromatic carbocycles. The second-order valence-corrected chi connectivity index (χ2v) is 4.65. The van der Waals surface area contributed by atoms with Gasteiger partial charge in [0, 0.05) is 0 Å². The largest absolute Gasteiger partial charge is 0.370 e. The van der Waals surface area contributed by atoms with Crippen LogP contribution in [0.15, 0.2) is 4.99 Å². The second-order valence-electron chi connectivity index (χ2n) is 4.65.